The van der Waals surface area contributed by atoms with Crippen LogP contribution >= 0.6 is 11.8 Å². The summed E-state index contributed by atoms with van der Waals surface area (Å²) >= 11 is 1.52. The highest BCUT2D eigenvalue weighted by molar-refractivity contribution is 8.00. The number of carbonyl (C=O) groups is 2. The number of amides is 2. The van der Waals surface area contributed by atoms with Crippen molar-refractivity contribution in [1.82, 2.24) is 9.78 Å². The van der Waals surface area contributed by atoms with E-state index in [2.05, 4.69) is 5.32 Å². The van der Waals surface area contributed by atoms with Gasteiger partial charge in [0.15, 0.2) is 11.5 Å². The van der Waals surface area contributed by atoms with Crippen LogP contribution in [-0.2, 0) is 9.59 Å². The topological polar surface area (TPSA) is 85.7 Å². The number of aryl methyl sites for hydroxylation is 2. The molecular weight excluding hydrogens is 572 g/mol. The summed E-state index contributed by atoms with van der Waals surface area (Å²) in [5.74, 6) is 1.64. The predicted octanol–water partition coefficient (Wildman–Crippen LogP) is 6.69. The average molecular weight is 603 g/mol. The van der Waals surface area contributed by atoms with Crippen molar-refractivity contribution in [3.8, 4) is 28.4 Å². The maximum atomic E-state index is 14.0. The second-order valence-corrected chi connectivity index (χ2v) is 12.0. The van der Waals surface area contributed by atoms with Gasteiger partial charge in [-0.2, -0.15) is 5.10 Å². The monoisotopic (exact) mass is 602 g/mol. The molecular formula is C35H30N4O4S. The van der Waals surface area contributed by atoms with Gasteiger partial charge in [-0.3, -0.25) is 14.5 Å². The van der Waals surface area contributed by atoms with E-state index in [1.54, 1.807) is 9.58 Å². The van der Waals surface area contributed by atoms with Crippen molar-refractivity contribution in [2.24, 2.45) is 0 Å². The van der Waals surface area contributed by atoms with E-state index < -0.39 is 0 Å². The quantitative estimate of drug-likeness (QED) is 0.233. The third-order valence-electron chi connectivity index (χ3n) is 7.75. The summed E-state index contributed by atoms with van der Waals surface area (Å²) < 4.78 is 13.1. The van der Waals surface area contributed by atoms with Crippen LogP contribution in [0.2, 0.25) is 0 Å². The second kappa shape index (κ2) is 11.6. The van der Waals surface area contributed by atoms with Crippen LogP contribution in [0.5, 0.6) is 11.5 Å². The van der Waals surface area contributed by atoms with Gasteiger partial charge in [0.05, 0.1) is 22.4 Å². The Balaban J connectivity index is 1.41. The van der Waals surface area contributed by atoms with Crippen LogP contribution in [0.4, 0.5) is 11.5 Å². The lowest BCUT2D eigenvalue weighted by Crippen LogP contribution is -2.40. The molecule has 1 N–H and O–H groups in total. The molecule has 0 saturated carbocycles. The van der Waals surface area contributed by atoms with Crippen molar-refractivity contribution >= 4 is 35.1 Å². The van der Waals surface area contributed by atoms with Gasteiger partial charge in [0.1, 0.15) is 12.4 Å². The minimum Gasteiger partial charge on any atom is -0.454 e. The maximum absolute atomic E-state index is 14.0. The standard InChI is InChI=1S/C35H30N4O4S/c1-22-8-13-26(14-9-22)36-30(40)19-38-31(41)20-44-34(25-12-17-28-29(18-25)43-21-42-28)32-33(24-6-4-3-5-7-24)37-39(35(32)38)27-15-10-23(2)11-16-27/h3-18,34H,19-21H2,1-2H3,(H,36,40). The number of carbonyl (C=O) groups excluding carboxylic acids is 2. The minimum absolute atomic E-state index is 0.167. The molecule has 7 rings (SSSR count). The molecule has 0 aliphatic carbocycles. The number of ether oxygens (including phenoxy) is 2. The van der Waals surface area contributed by atoms with Gasteiger partial charge in [0.25, 0.3) is 0 Å². The third-order valence-corrected chi connectivity index (χ3v) is 9.01. The van der Waals surface area contributed by atoms with E-state index in [0.29, 0.717) is 23.0 Å². The van der Waals surface area contributed by atoms with E-state index in [-0.39, 0.29) is 36.2 Å². The molecule has 1 aromatic heterocycles. The van der Waals surface area contributed by atoms with Crippen molar-refractivity contribution in [3.63, 3.8) is 0 Å². The molecule has 44 heavy (non-hydrogen) atoms. The molecule has 8 nitrogen and oxygen atoms in total. The van der Waals surface area contributed by atoms with Crippen LogP contribution in [0.25, 0.3) is 16.9 Å². The van der Waals surface area contributed by atoms with Gasteiger partial charge in [-0.25, -0.2) is 4.68 Å². The lowest BCUT2D eigenvalue weighted by atomic mass is 9.99. The smallest absolute Gasteiger partial charge is 0.244 e. The molecule has 4 aromatic carbocycles. The third kappa shape index (κ3) is 5.31. The molecule has 2 aliphatic heterocycles. The van der Waals surface area contributed by atoms with E-state index in [1.165, 1.54) is 11.8 Å². The van der Waals surface area contributed by atoms with Crippen molar-refractivity contribution in [1.29, 1.82) is 0 Å². The second-order valence-electron chi connectivity index (χ2n) is 10.9. The van der Waals surface area contributed by atoms with Gasteiger partial charge >= 0.3 is 0 Å². The summed E-state index contributed by atoms with van der Waals surface area (Å²) in [5, 5.41) is 7.85. The predicted molar refractivity (Wildman–Crippen MR) is 173 cm³/mol. The lowest BCUT2D eigenvalue weighted by Gasteiger charge is -2.23. The van der Waals surface area contributed by atoms with Crippen LogP contribution in [0.3, 0.4) is 0 Å². The van der Waals surface area contributed by atoms with Crippen LogP contribution < -0.4 is 19.7 Å². The van der Waals surface area contributed by atoms with Crippen LogP contribution in [-0.4, -0.2) is 40.7 Å². The molecule has 3 heterocycles. The molecule has 0 saturated heterocycles. The zero-order valence-electron chi connectivity index (χ0n) is 24.3. The van der Waals surface area contributed by atoms with Gasteiger partial charge in [-0.15, -0.1) is 11.8 Å². The Morgan fingerprint density at radius 2 is 1.61 bits per heavy atom. The number of hydrogen-bond donors (Lipinski definition) is 1. The Morgan fingerprint density at radius 3 is 2.36 bits per heavy atom. The first-order valence-electron chi connectivity index (χ1n) is 14.4. The van der Waals surface area contributed by atoms with E-state index >= 15 is 0 Å². The van der Waals surface area contributed by atoms with Gasteiger partial charge in [-0.05, 0) is 55.8 Å². The number of aromatic nitrogens is 2. The molecule has 2 amide bonds. The molecule has 0 bridgehead atoms. The first kappa shape index (κ1) is 27.8. The molecule has 0 fully saturated rings. The van der Waals surface area contributed by atoms with Crippen molar-refractivity contribution in [3.05, 3.63) is 119 Å². The summed E-state index contributed by atoms with van der Waals surface area (Å²) in [4.78, 5) is 29.1. The lowest BCUT2D eigenvalue weighted by molar-refractivity contribution is -0.120. The number of nitrogens with zero attached hydrogens (tertiary/aromatic N) is 3. The van der Waals surface area contributed by atoms with E-state index in [9.17, 15) is 9.59 Å². The molecule has 5 aromatic rings. The van der Waals surface area contributed by atoms with Gasteiger partial charge in [-0.1, -0.05) is 71.8 Å². The zero-order chi connectivity index (χ0) is 30.2. The Hall–Kier alpha value is -5.02. The van der Waals surface area contributed by atoms with E-state index in [0.717, 1.165) is 39.2 Å². The van der Waals surface area contributed by atoms with Crippen molar-refractivity contribution in [2.75, 3.05) is 29.3 Å². The van der Waals surface area contributed by atoms with Crippen molar-refractivity contribution in [2.45, 2.75) is 19.1 Å². The number of benzene rings is 4. The highest BCUT2D eigenvalue weighted by Gasteiger charge is 2.38. The van der Waals surface area contributed by atoms with Gasteiger partial charge in [0, 0.05) is 16.8 Å². The molecule has 0 radical (unpaired) electrons. The average Bonchev–Trinajstić information content (AvgIpc) is 3.64. The molecule has 2 aliphatic rings. The summed E-state index contributed by atoms with van der Waals surface area (Å²) in [6, 6.07) is 31.5. The number of rotatable bonds is 6. The largest absolute Gasteiger partial charge is 0.454 e. The van der Waals surface area contributed by atoms with Gasteiger partial charge < -0.3 is 14.8 Å². The number of fused-ring (bicyclic) bond motifs is 2. The van der Waals surface area contributed by atoms with Crippen LogP contribution in [0.15, 0.2) is 97.1 Å². The van der Waals surface area contributed by atoms with E-state index in [4.69, 9.17) is 14.6 Å². The molecule has 0 spiro atoms. The first-order valence-corrected chi connectivity index (χ1v) is 15.4. The Morgan fingerprint density at radius 1 is 0.909 bits per heavy atom. The van der Waals surface area contributed by atoms with Gasteiger partial charge in [0.2, 0.25) is 18.6 Å². The Bertz CT molecular complexity index is 1850. The normalized spacial score (nSPS) is 15.5. The molecule has 1 atom stereocenters. The fourth-order valence-electron chi connectivity index (χ4n) is 5.51. The summed E-state index contributed by atoms with van der Waals surface area (Å²) in [5.41, 5.74) is 7.14. The maximum Gasteiger partial charge on any atom is 0.244 e. The highest BCUT2D eigenvalue weighted by Crippen LogP contribution is 2.50. The fraction of sp³-hybridized carbons (Fsp3) is 0.171. The number of nitrogens with one attached hydrogen (secondary N) is 1. The van der Waals surface area contributed by atoms with Crippen LogP contribution in [0.1, 0.15) is 27.5 Å². The Labute approximate surface area is 259 Å². The summed E-state index contributed by atoms with van der Waals surface area (Å²) in [7, 11) is 0. The number of hydrogen-bond acceptors (Lipinski definition) is 6. The molecule has 220 valence electrons. The minimum atomic E-state index is -0.294. The number of anilines is 2. The number of thioether (sulfide) groups is 1. The summed E-state index contributed by atoms with van der Waals surface area (Å²) in [6.07, 6.45) is 0. The zero-order valence-corrected chi connectivity index (χ0v) is 25.1. The first-order chi connectivity index (χ1) is 21.4. The van der Waals surface area contributed by atoms with Crippen molar-refractivity contribution < 1.29 is 19.1 Å². The highest BCUT2D eigenvalue weighted by atomic mass is 32.2. The fourth-order valence-corrected chi connectivity index (χ4v) is 6.70. The SMILES string of the molecule is Cc1ccc(NC(=O)CN2C(=O)CSC(c3ccc4c(c3)OCO4)c3c(-c4ccccc4)nn(-c4ccc(C)cc4)c32)cc1. The summed E-state index contributed by atoms with van der Waals surface area (Å²) in [6.45, 7) is 4.03. The van der Waals surface area contributed by atoms with Crippen LogP contribution in [0, 0.1) is 13.8 Å². The van der Waals surface area contributed by atoms with E-state index in [1.807, 2.05) is 111 Å². The molecule has 1 unspecified atom stereocenters. The molecule has 9 heteroatoms. The Kier molecular flexibility index (Phi) is 7.31.